The molecule has 49 heavy (non-hydrogen) atoms. The van der Waals surface area contributed by atoms with E-state index < -0.39 is 71.8 Å². The van der Waals surface area contributed by atoms with Gasteiger partial charge < -0.3 is 54.0 Å². The molecule has 18 nitrogen and oxygen atoms in total. The van der Waals surface area contributed by atoms with Gasteiger partial charge in [0.15, 0.2) is 5.96 Å². The van der Waals surface area contributed by atoms with E-state index in [-0.39, 0.29) is 69.2 Å². The Labute approximate surface area is 289 Å². The van der Waals surface area contributed by atoms with E-state index in [0.717, 1.165) is 0 Å². The van der Waals surface area contributed by atoms with E-state index in [1.807, 2.05) is 0 Å². The molecule has 2 rings (SSSR count). The van der Waals surface area contributed by atoms with Crippen LogP contribution in [0.15, 0.2) is 24.3 Å². The first-order valence-electron chi connectivity index (χ1n) is 15.8. The molecule has 19 heteroatoms. The Balaban J connectivity index is 2.60. The molecule has 1 aliphatic heterocycles. The summed E-state index contributed by atoms with van der Waals surface area (Å²) in [5.74, 6) is -6.22. The van der Waals surface area contributed by atoms with E-state index in [1.54, 1.807) is 0 Å². The van der Waals surface area contributed by atoms with Crippen LogP contribution in [0.4, 0.5) is 0 Å². The third-order valence-electron chi connectivity index (χ3n) is 7.87. The summed E-state index contributed by atoms with van der Waals surface area (Å²) in [6.45, 7) is 1.71. The van der Waals surface area contributed by atoms with Crippen LogP contribution < -0.4 is 38.9 Å². The van der Waals surface area contributed by atoms with Crippen LogP contribution >= 0.6 is 12.6 Å². The average molecular weight is 709 g/mol. The SMILES string of the molecule is C[C@H](N)C(=O)N1CCC[C@@H]1C(=O)N(C(=O)C(N)CCN)[C@@H](CCCNC(=N)N)C(=O)N[C@@H](Cc1ccc(O)cc1)C(=O)N[C@@H](CS)C(=O)O. The predicted molar refractivity (Wildman–Crippen MR) is 182 cm³/mol. The number of likely N-dealkylation sites (tertiary alicyclic amines) is 1. The maximum absolute atomic E-state index is 14.3. The van der Waals surface area contributed by atoms with Crippen molar-refractivity contribution in [1.82, 2.24) is 25.8 Å². The quantitative estimate of drug-likeness (QED) is 0.0312. The fourth-order valence-corrected chi connectivity index (χ4v) is 5.55. The lowest BCUT2D eigenvalue weighted by Gasteiger charge is -2.36. The minimum absolute atomic E-state index is 0.0160. The molecule has 1 aliphatic rings. The molecular formula is C30H48N10O8S. The first kappa shape index (κ1) is 40.7. The number of aromatic hydroxyl groups is 1. The monoisotopic (exact) mass is 708 g/mol. The number of hydrogen-bond donors (Lipinski definition) is 11. The van der Waals surface area contributed by atoms with Crippen molar-refractivity contribution in [1.29, 1.82) is 5.41 Å². The highest BCUT2D eigenvalue weighted by molar-refractivity contribution is 7.80. The molecule has 272 valence electrons. The van der Waals surface area contributed by atoms with Crippen LogP contribution in [0.2, 0.25) is 0 Å². The van der Waals surface area contributed by atoms with E-state index in [9.17, 15) is 39.0 Å². The number of amides is 5. The molecular weight excluding hydrogens is 660 g/mol. The fraction of sp³-hybridized carbons (Fsp3) is 0.567. The Morgan fingerprint density at radius 2 is 1.69 bits per heavy atom. The second-order valence-electron chi connectivity index (χ2n) is 11.7. The standard InChI is InChI=1S/C30H48N10O8S/c1-16(32)26(44)39-13-3-5-23(39)28(46)40(27(45)19(33)10-11-31)22(4-2-12-36-30(34)35)25(43)37-20(14-17-6-8-18(41)9-7-17)24(42)38-21(15-49)29(47)48/h6-9,16,19-23,41,49H,2-5,10-15,31-33H2,1H3,(H,37,43)(H,38,42)(H,47,48)(H4,34,35,36)/t16-,19?,20-,21-,22-,23+/m0/s1. The van der Waals surface area contributed by atoms with Gasteiger partial charge in [0.1, 0.15) is 29.9 Å². The zero-order valence-electron chi connectivity index (χ0n) is 27.3. The van der Waals surface area contributed by atoms with E-state index in [0.29, 0.717) is 16.9 Å². The lowest BCUT2D eigenvalue weighted by atomic mass is 10.0. The van der Waals surface area contributed by atoms with Crippen molar-refractivity contribution in [2.24, 2.45) is 22.9 Å². The summed E-state index contributed by atoms with van der Waals surface area (Å²) in [6.07, 6.45) is 0.305. The van der Waals surface area contributed by atoms with Crippen molar-refractivity contribution in [3.8, 4) is 5.75 Å². The summed E-state index contributed by atoms with van der Waals surface area (Å²) in [4.78, 5) is 82.4. The number of phenols is 1. The van der Waals surface area contributed by atoms with Crippen molar-refractivity contribution < 1.29 is 39.0 Å². The largest absolute Gasteiger partial charge is 0.508 e. The Morgan fingerprint density at radius 1 is 1.06 bits per heavy atom. The summed E-state index contributed by atoms with van der Waals surface area (Å²) in [5.41, 5.74) is 23.5. The predicted octanol–water partition coefficient (Wildman–Crippen LogP) is -3.08. The topological polar surface area (TPSA) is 313 Å². The van der Waals surface area contributed by atoms with E-state index in [1.165, 1.54) is 36.1 Å². The normalized spacial score (nSPS) is 17.2. The molecule has 0 radical (unpaired) electrons. The number of aliphatic carboxylic acids is 1. The van der Waals surface area contributed by atoms with Crippen LogP contribution in [0.25, 0.3) is 0 Å². The second-order valence-corrected chi connectivity index (χ2v) is 12.1. The number of carboxylic acids is 1. The van der Waals surface area contributed by atoms with Gasteiger partial charge in [-0.15, -0.1) is 0 Å². The number of nitrogens with two attached hydrogens (primary N) is 4. The molecule has 6 atom stereocenters. The molecule has 1 fully saturated rings. The van der Waals surface area contributed by atoms with Gasteiger partial charge in [0.05, 0.1) is 12.1 Å². The smallest absolute Gasteiger partial charge is 0.327 e. The molecule has 1 heterocycles. The highest BCUT2D eigenvalue weighted by Crippen LogP contribution is 2.24. The number of rotatable bonds is 18. The van der Waals surface area contributed by atoms with Gasteiger partial charge in [-0.05, 0) is 63.3 Å². The van der Waals surface area contributed by atoms with Crippen LogP contribution in [-0.2, 0) is 35.2 Å². The van der Waals surface area contributed by atoms with Gasteiger partial charge in [0.25, 0.3) is 5.91 Å². The van der Waals surface area contributed by atoms with E-state index in [2.05, 4.69) is 28.6 Å². The molecule has 0 aromatic heterocycles. The number of nitrogens with one attached hydrogen (secondary N) is 4. The Kier molecular flexibility index (Phi) is 16.2. The number of hydrogen-bond acceptors (Lipinski definition) is 12. The summed E-state index contributed by atoms with van der Waals surface area (Å²) in [7, 11) is 0. The summed E-state index contributed by atoms with van der Waals surface area (Å²) < 4.78 is 0. The number of phenolic OH excluding ortho intramolecular Hbond substituents is 1. The summed E-state index contributed by atoms with van der Waals surface area (Å²) >= 11 is 3.98. The zero-order chi connectivity index (χ0) is 36.8. The van der Waals surface area contributed by atoms with Crippen LogP contribution in [0.1, 0.15) is 44.6 Å². The third-order valence-corrected chi connectivity index (χ3v) is 8.24. The zero-order valence-corrected chi connectivity index (χ0v) is 28.2. The highest BCUT2D eigenvalue weighted by Gasteiger charge is 2.45. The van der Waals surface area contributed by atoms with Gasteiger partial charge in [-0.3, -0.25) is 34.3 Å². The highest BCUT2D eigenvalue weighted by atomic mass is 32.1. The van der Waals surface area contributed by atoms with Gasteiger partial charge >= 0.3 is 5.97 Å². The van der Waals surface area contributed by atoms with Gasteiger partial charge in [-0.1, -0.05) is 12.1 Å². The number of guanidine groups is 1. The number of nitrogens with zero attached hydrogens (tertiary/aromatic N) is 2. The van der Waals surface area contributed by atoms with Crippen molar-refractivity contribution in [2.75, 3.05) is 25.4 Å². The van der Waals surface area contributed by atoms with Crippen molar-refractivity contribution in [3.05, 3.63) is 29.8 Å². The first-order valence-corrected chi connectivity index (χ1v) is 16.4. The average Bonchev–Trinajstić information content (AvgIpc) is 3.54. The minimum Gasteiger partial charge on any atom is -0.508 e. The number of imide groups is 1. The summed E-state index contributed by atoms with van der Waals surface area (Å²) in [5, 5.41) is 34.1. The van der Waals surface area contributed by atoms with E-state index >= 15 is 0 Å². The lowest BCUT2D eigenvalue weighted by Crippen LogP contribution is -2.63. The fourth-order valence-electron chi connectivity index (χ4n) is 5.31. The van der Waals surface area contributed by atoms with Crippen molar-refractivity contribution in [2.45, 2.75) is 81.7 Å². The molecule has 1 aromatic rings. The maximum atomic E-state index is 14.3. The van der Waals surface area contributed by atoms with Gasteiger partial charge in [-0.25, -0.2) is 4.79 Å². The maximum Gasteiger partial charge on any atom is 0.327 e. The Morgan fingerprint density at radius 3 is 2.24 bits per heavy atom. The first-order chi connectivity index (χ1) is 23.1. The van der Waals surface area contributed by atoms with Crippen molar-refractivity contribution >= 4 is 54.1 Å². The molecule has 14 N–H and O–H groups in total. The van der Waals surface area contributed by atoms with Crippen LogP contribution in [0, 0.1) is 5.41 Å². The van der Waals surface area contributed by atoms with Gasteiger partial charge in [0.2, 0.25) is 23.6 Å². The van der Waals surface area contributed by atoms with Crippen molar-refractivity contribution in [3.63, 3.8) is 0 Å². The molecule has 1 saturated heterocycles. The Bertz CT molecular complexity index is 1350. The number of carbonyl (C=O) groups excluding carboxylic acids is 5. The van der Waals surface area contributed by atoms with Crippen LogP contribution in [0.3, 0.4) is 0 Å². The molecule has 5 amide bonds. The molecule has 0 aliphatic carbocycles. The third kappa shape index (κ3) is 11.9. The number of carbonyl (C=O) groups is 6. The number of thiol groups is 1. The van der Waals surface area contributed by atoms with Gasteiger partial charge in [0, 0.05) is 25.3 Å². The molecule has 0 spiro atoms. The molecule has 1 unspecified atom stereocenters. The number of benzene rings is 1. The lowest BCUT2D eigenvalue weighted by molar-refractivity contribution is -0.158. The summed E-state index contributed by atoms with van der Waals surface area (Å²) in [6, 6.07) is -2.09. The molecule has 1 aromatic carbocycles. The minimum atomic E-state index is -1.58. The van der Waals surface area contributed by atoms with Crippen LogP contribution in [0.5, 0.6) is 5.75 Å². The molecule has 0 bridgehead atoms. The number of carboxylic acid groups (broad SMARTS) is 1. The Hall–Kier alpha value is -4.46. The molecule has 0 saturated carbocycles. The van der Waals surface area contributed by atoms with Crippen LogP contribution in [-0.4, -0.2) is 123 Å². The van der Waals surface area contributed by atoms with E-state index in [4.69, 9.17) is 28.3 Å². The van der Waals surface area contributed by atoms with Gasteiger partial charge in [-0.2, -0.15) is 12.6 Å². The second kappa shape index (κ2) is 19.5.